The minimum Gasteiger partial charge on any atom is -0.399 e. The Bertz CT molecular complexity index is 1880. The van der Waals surface area contributed by atoms with Gasteiger partial charge in [-0.05, 0) is 115 Å². The average Bonchev–Trinajstić information content (AvgIpc) is 3.23. The van der Waals surface area contributed by atoms with Crippen molar-refractivity contribution in [3.63, 3.8) is 0 Å². The molecule has 4 aromatic carbocycles. The van der Waals surface area contributed by atoms with Crippen LogP contribution in [0.15, 0.2) is 54.6 Å². The van der Waals surface area contributed by atoms with E-state index < -0.39 is 70.9 Å². The zero-order valence-corrected chi connectivity index (χ0v) is 29.2. The Morgan fingerprint density at radius 1 is 0.529 bits per heavy atom. The fourth-order valence-corrected chi connectivity index (χ4v) is 5.07. The molecule has 0 N–H and O–H groups in total. The van der Waals surface area contributed by atoms with Gasteiger partial charge in [0.1, 0.15) is 17.5 Å². The molecule has 5 rings (SSSR count). The van der Waals surface area contributed by atoms with E-state index in [-0.39, 0.29) is 33.3 Å². The van der Waals surface area contributed by atoms with Gasteiger partial charge in [-0.2, -0.15) is 26.3 Å². The van der Waals surface area contributed by atoms with Crippen molar-refractivity contribution >= 4 is 12.6 Å². The molecule has 0 amide bonds. The molecular formula is C37H36BF11O2. The number of hydrogen-bond donors (Lipinski definition) is 0. The van der Waals surface area contributed by atoms with Gasteiger partial charge in [0.15, 0.2) is 11.6 Å². The van der Waals surface area contributed by atoms with Crippen LogP contribution in [0.2, 0.25) is 0 Å². The van der Waals surface area contributed by atoms with Crippen LogP contribution in [0.4, 0.5) is 48.3 Å². The van der Waals surface area contributed by atoms with E-state index in [1.165, 1.54) is 45.9 Å². The lowest BCUT2D eigenvalue weighted by molar-refractivity contribution is -0.138. The van der Waals surface area contributed by atoms with Gasteiger partial charge >= 0.3 is 19.5 Å². The standard InChI is InChI=1S/C15H11F5.C13H16BF3O2.C9H9F3/c1-8-4-3-5-11(15(18,19)20)13(8)10-6-7-12(16)9(2)14(10)17;1-7-10(16)8(6-9(15)11(7)17)14-18-12(2,3)13(4,5)19-14;1-6-4-3-5-8(7(6)2)9(10,11)12/h3-7H,1-2H3;6H,1-5H3;3-5H,1-2H3. The maximum atomic E-state index is 14.1. The van der Waals surface area contributed by atoms with Gasteiger partial charge in [-0.3, -0.25) is 0 Å². The van der Waals surface area contributed by atoms with Crippen LogP contribution in [-0.2, 0) is 21.7 Å². The maximum absolute atomic E-state index is 14.1. The van der Waals surface area contributed by atoms with E-state index in [0.717, 1.165) is 30.3 Å². The van der Waals surface area contributed by atoms with E-state index in [0.29, 0.717) is 11.1 Å². The third-order valence-corrected chi connectivity index (χ3v) is 8.99. The van der Waals surface area contributed by atoms with Crippen molar-refractivity contribution in [2.45, 2.75) is 85.9 Å². The fourth-order valence-electron chi connectivity index (χ4n) is 5.07. The van der Waals surface area contributed by atoms with E-state index in [4.69, 9.17) is 9.31 Å². The second-order valence-corrected chi connectivity index (χ2v) is 13.1. The third kappa shape index (κ3) is 8.95. The number of aryl methyl sites for hydroxylation is 2. The summed E-state index contributed by atoms with van der Waals surface area (Å²) in [6, 6.07) is 10.6. The second kappa shape index (κ2) is 15.0. The van der Waals surface area contributed by atoms with Crippen LogP contribution in [0.25, 0.3) is 11.1 Å². The first kappa shape index (κ1) is 41.5. The first-order valence-corrected chi connectivity index (χ1v) is 15.5. The number of alkyl halides is 6. The molecule has 0 spiro atoms. The molecule has 1 fully saturated rings. The van der Waals surface area contributed by atoms with Crippen molar-refractivity contribution in [3.8, 4) is 11.1 Å². The van der Waals surface area contributed by atoms with Crippen LogP contribution in [0.3, 0.4) is 0 Å². The Kier molecular flexibility index (Phi) is 12.2. The zero-order chi connectivity index (χ0) is 39.0. The third-order valence-electron chi connectivity index (χ3n) is 8.99. The Balaban J connectivity index is 0.000000213. The van der Waals surface area contributed by atoms with E-state index in [2.05, 4.69) is 0 Å². The molecule has 0 aliphatic carbocycles. The lowest BCUT2D eigenvalue weighted by atomic mass is 9.77. The molecule has 1 heterocycles. The molecule has 1 aliphatic heterocycles. The zero-order valence-electron chi connectivity index (χ0n) is 29.2. The van der Waals surface area contributed by atoms with Crippen molar-refractivity contribution in [1.82, 2.24) is 0 Å². The van der Waals surface area contributed by atoms with Gasteiger partial charge in [0, 0.05) is 22.2 Å². The summed E-state index contributed by atoms with van der Waals surface area (Å²) in [6.45, 7) is 14.2. The van der Waals surface area contributed by atoms with Crippen molar-refractivity contribution in [1.29, 1.82) is 0 Å². The van der Waals surface area contributed by atoms with E-state index in [1.807, 2.05) is 0 Å². The SMILES string of the molecule is Cc1c(F)c(F)cc(B2OC(C)(C)C(C)(C)O2)c1F.Cc1cccc(C(F)(F)F)c1-c1ccc(F)c(C)c1F.Cc1cccc(C(F)(F)F)c1C. The lowest BCUT2D eigenvalue weighted by Gasteiger charge is -2.32. The van der Waals surface area contributed by atoms with Gasteiger partial charge in [-0.1, -0.05) is 24.3 Å². The topological polar surface area (TPSA) is 18.5 Å². The number of halogens is 11. The average molecular weight is 732 g/mol. The highest BCUT2D eigenvalue weighted by Crippen LogP contribution is 2.41. The Labute approximate surface area is 289 Å². The summed E-state index contributed by atoms with van der Waals surface area (Å²) in [5.41, 5.74) is -2.80. The van der Waals surface area contributed by atoms with Crippen LogP contribution >= 0.6 is 0 Å². The predicted octanol–water partition coefficient (Wildman–Crippen LogP) is 11.3. The van der Waals surface area contributed by atoms with E-state index in [1.54, 1.807) is 40.7 Å². The fraction of sp³-hybridized carbons (Fsp3) is 0.351. The van der Waals surface area contributed by atoms with Gasteiger partial charge in [0.2, 0.25) is 0 Å². The molecule has 0 radical (unpaired) electrons. The molecule has 51 heavy (non-hydrogen) atoms. The first-order valence-electron chi connectivity index (χ1n) is 15.5. The Morgan fingerprint density at radius 3 is 1.51 bits per heavy atom. The molecule has 4 aromatic rings. The quantitative estimate of drug-likeness (QED) is 0.116. The van der Waals surface area contributed by atoms with Gasteiger partial charge in [0.05, 0.1) is 22.3 Å². The smallest absolute Gasteiger partial charge is 0.399 e. The Hall–Kier alpha value is -3.91. The molecular weight excluding hydrogens is 696 g/mol. The molecule has 0 unspecified atom stereocenters. The van der Waals surface area contributed by atoms with Crippen molar-refractivity contribution in [3.05, 3.63) is 123 Å². The minimum absolute atomic E-state index is 0.116. The predicted molar refractivity (Wildman–Crippen MR) is 174 cm³/mol. The molecule has 14 heteroatoms. The highest BCUT2D eigenvalue weighted by molar-refractivity contribution is 6.62. The summed E-state index contributed by atoms with van der Waals surface area (Å²) < 4.78 is 155. The van der Waals surface area contributed by atoms with E-state index >= 15 is 0 Å². The largest absolute Gasteiger partial charge is 0.497 e. The summed E-state index contributed by atoms with van der Waals surface area (Å²) in [5, 5.41) is 0. The van der Waals surface area contributed by atoms with Gasteiger partial charge in [-0.15, -0.1) is 0 Å². The highest BCUT2D eigenvalue weighted by Gasteiger charge is 2.52. The van der Waals surface area contributed by atoms with Crippen molar-refractivity contribution in [2.75, 3.05) is 0 Å². The molecule has 276 valence electrons. The van der Waals surface area contributed by atoms with Gasteiger partial charge in [-0.25, -0.2) is 22.0 Å². The van der Waals surface area contributed by atoms with Crippen molar-refractivity contribution in [2.24, 2.45) is 0 Å². The van der Waals surface area contributed by atoms with Gasteiger partial charge in [0.25, 0.3) is 0 Å². The number of hydrogen-bond acceptors (Lipinski definition) is 2. The summed E-state index contributed by atoms with van der Waals surface area (Å²) in [7, 11) is -1.04. The van der Waals surface area contributed by atoms with Crippen molar-refractivity contribution < 1.29 is 57.6 Å². The molecule has 1 aliphatic rings. The monoisotopic (exact) mass is 732 g/mol. The highest BCUT2D eigenvalue weighted by atomic mass is 19.4. The number of benzene rings is 4. The van der Waals surface area contributed by atoms with E-state index in [9.17, 15) is 48.3 Å². The minimum atomic E-state index is -4.60. The van der Waals surface area contributed by atoms with Crippen LogP contribution < -0.4 is 5.46 Å². The van der Waals surface area contributed by atoms with Crippen LogP contribution in [0.5, 0.6) is 0 Å². The Morgan fingerprint density at radius 2 is 1.02 bits per heavy atom. The first-order chi connectivity index (χ1) is 23.2. The number of rotatable bonds is 2. The van der Waals surface area contributed by atoms with Gasteiger partial charge < -0.3 is 9.31 Å². The normalized spacial score (nSPS) is 15.2. The maximum Gasteiger partial charge on any atom is 0.497 e. The molecule has 2 nitrogen and oxygen atoms in total. The molecule has 0 atom stereocenters. The molecule has 1 saturated heterocycles. The molecule has 0 bridgehead atoms. The molecule has 0 saturated carbocycles. The van der Waals surface area contributed by atoms with Crippen LogP contribution in [0.1, 0.15) is 66.6 Å². The van der Waals surface area contributed by atoms with Crippen LogP contribution in [-0.4, -0.2) is 18.3 Å². The lowest BCUT2D eigenvalue weighted by Crippen LogP contribution is -2.41. The summed E-state index contributed by atoms with van der Waals surface area (Å²) >= 11 is 0. The summed E-state index contributed by atoms with van der Waals surface area (Å²) in [5.74, 6) is -4.88. The van der Waals surface area contributed by atoms with Crippen LogP contribution in [0, 0.1) is 63.7 Å². The summed E-state index contributed by atoms with van der Waals surface area (Å²) in [4.78, 5) is 0. The molecule has 0 aromatic heterocycles. The summed E-state index contributed by atoms with van der Waals surface area (Å²) in [6.07, 6.45) is -8.83. The second-order valence-electron chi connectivity index (χ2n) is 13.1.